The molecule has 1 heterocycles. The van der Waals surface area contributed by atoms with E-state index in [9.17, 15) is 4.79 Å². The summed E-state index contributed by atoms with van der Waals surface area (Å²) in [7, 11) is 0. The predicted octanol–water partition coefficient (Wildman–Crippen LogP) is 0.513. The zero-order valence-corrected chi connectivity index (χ0v) is 9.66. The maximum atomic E-state index is 11.6. The topological polar surface area (TPSA) is 64.4 Å². The van der Waals surface area contributed by atoms with Crippen LogP contribution in [0.2, 0.25) is 0 Å². The molecule has 1 rings (SSSR count). The molecule has 0 aromatic carbocycles. The van der Waals surface area contributed by atoms with Gasteiger partial charge in [0.15, 0.2) is 0 Å². The highest BCUT2D eigenvalue weighted by molar-refractivity contribution is 5.81. The Balaban J connectivity index is 2.22. The molecule has 3 N–H and O–H groups in total. The summed E-state index contributed by atoms with van der Waals surface area (Å²) in [6.45, 7) is 6.32. The highest BCUT2D eigenvalue weighted by Gasteiger charge is 2.21. The largest absolute Gasteiger partial charge is 0.381 e. The molecule has 1 amide bonds. The molecule has 15 heavy (non-hydrogen) atoms. The van der Waals surface area contributed by atoms with Gasteiger partial charge < -0.3 is 15.8 Å². The van der Waals surface area contributed by atoms with E-state index in [1.54, 1.807) is 0 Å². The molecule has 0 radical (unpaired) electrons. The maximum Gasteiger partial charge on any atom is 0.237 e. The van der Waals surface area contributed by atoms with Crippen LogP contribution in [0.15, 0.2) is 0 Å². The van der Waals surface area contributed by atoms with Crippen LogP contribution in [0.3, 0.4) is 0 Å². The molecule has 0 spiro atoms. The number of carbonyl (C=O) groups is 1. The average Bonchev–Trinajstić information content (AvgIpc) is 2.76. The van der Waals surface area contributed by atoms with Crippen LogP contribution in [0.25, 0.3) is 0 Å². The van der Waals surface area contributed by atoms with Gasteiger partial charge in [0.25, 0.3) is 0 Å². The van der Waals surface area contributed by atoms with Crippen LogP contribution in [-0.2, 0) is 9.53 Å². The van der Waals surface area contributed by atoms with Crippen molar-refractivity contribution in [2.24, 2.45) is 17.6 Å². The number of rotatable bonds is 5. The number of amides is 1. The monoisotopic (exact) mass is 214 g/mol. The number of hydrogen-bond donors (Lipinski definition) is 2. The molecule has 1 aliphatic rings. The quantitative estimate of drug-likeness (QED) is 0.701. The predicted molar refractivity (Wildman–Crippen MR) is 59.4 cm³/mol. The standard InChI is InChI=1S/C11H22N2O2/c1-3-8(2)10(12)11(14)13-6-9-4-5-15-7-9/h8-10H,3-7,12H2,1-2H3,(H,13,14). The first-order valence-electron chi connectivity index (χ1n) is 5.76. The van der Waals surface area contributed by atoms with Gasteiger partial charge in [0.1, 0.15) is 0 Å². The third kappa shape index (κ3) is 3.80. The summed E-state index contributed by atoms with van der Waals surface area (Å²) in [5.74, 6) is 0.680. The summed E-state index contributed by atoms with van der Waals surface area (Å²) in [6.07, 6.45) is 1.97. The third-order valence-electron chi connectivity index (χ3n) is 3.15. The van der Waals surface area contributed by atoms with Gasteiger partial charge in [0, 0.05) is 19.1 Å². The number of hydrogen-bond acceptors (Lipinski definition) is 3. The molecule has 88 valence electrons. The van der Waals surface area contributed by atoms with E-state index >= 15 is 0 Å². The molecular weight excluding hydrogens is 192 g/mol. The van der Waals surface area contributed by atoms with E-state index < -0.39 is 0 Å². The fourth-order valence-electron chi connectivity index (χ4n) is 1.62. The first-order chi connectivity index (χ1) is 7.15. The second-order valence-electron chi connectivity index (χ2n) is 4.39. The van der Waals surface area contributed by atoms with Crippen molar-refractivity contribution in [1.29, 1.82) is 0 Å². The van der Waals surface area contributed by atoms with Crippen molar-refractivity contribution in [1.82, 2.24) is 5.32 Å². The van der Waals surface area contributed by atoms with Crippen LogP contribution < -0.4 is 11.1 Å². The van der Waals surface area contributed by atoms with E-state index in [1.807, 2.05) is 13.8 Å². The van der Waals surface area contributed by atoms with Gasteiger partial charge in [-0.2, -0.15) is 0 Å². The lowest BCUT2D eigenvalue weighted by Gasteiger charge is -2.18. The van der Waals surface area contributed by atoms with Crippen LogP contribution in [0, 0.1) is 11.8 Å². The lowest BCUT2D eigenvalue weighted by molar-refractivity contribution is -0.123. The normalized spacial score (nSPS) is 24.9. The molecule has 4 nitrogen and oxygen atoms in total. The van der Waals surface area contributed by atoms with E-state index in [0.717, 1.165) is 26.1 Å². The van der Waals surface area contributed by atoms with Crippen molar-refractivity contribution in [2.75, 3.05) is 19.8 Å². The van der Waals surface area contributed by atoms with E-state index in [4.69, 9.17) is 10.5 Å². The van der Waals surface area contributed by atoms with Gasteiger partial charge in [0.05, 0.1) is 12.6 Å². The average molecular weight is 214 g/mol. The maximum absolute atomic E-state index is 11.6. The lowest BCUT2D eigenvalue weighted by atomic mass is 9.99. The smallest absolute Gasteiger partial charge is 0.237 e. The Labute approximate surface area is 91.5 Å². The van der Waals surface area contributed by atoms with Gasteiger partial charge >= 0.3 is 0 Å². The van der Waals surface area contributed by atoms with Gasteiger partial charge in [-0.15, -0.1) is 0 Å². The molecule has 0 saturated carbocycles. The number of nitrogens with two attached hydrogens (primary N) is 1. The zero-order chi connectivity index (χ0) is 11.3. The van der Waals surface area contributed by atoms with E-state index in [0.29, 0.717) is 12.5 Å². The van der Waals surface area contributed by atoms with Crippen molar-refractivity contribution in [3.8, 4) is 0 Å². The molecule has 0 bridgehead atoms. The molecular formula is C11H22N2O2. The van der Waals surface area contributed by atoms with Crippen LogP contribution in [0.1, 0.15) is 26.7 Å². The van der Waals surface area contributed by atoms with Crippen molar-refractivity contribution in [3.05, 3.63) is 0 Å². The minimum Gasteiger partial charge on any atom is -0.381 e. The van der Waals surface area contributed by atoms with Crippen molar-refractivity contribution >= 4 is 5.91 Å². The van der Waals surface area contributed by atoms with E-state index in [-0.39, 0.29) is 17.9 Å². The second-order valence-corrected chi connectivity index (χ2v) is 4.39. The minimum atomic E-state index is -0.377. The molecule has 0 aromatic heterocycles. The van der Waals surface area contributed by atoms with E-state index in [2.05, 4.69) is 5.32 Å². The number of nitrogens with one attached hydrogen (secondary N) is 1. The lowest BCUT2D eigenvalue weighted by Crippen LogP contribution is -2.46. The molecule has 0 aliphatic carbocycles. The Hall–Kier alpha value is -0.610. The Morgan fingerprint density at radius 3 is 2.93 bits per heavy atom. The highest BCUT2D eigenvalue weighted by atomic mass is 16.5. The van der Waals surface area contributed by atoms with Crippen LogP contribution in [0.4, 0.5) is 0 Å². The summed E-state index contributed by atoms with van der Waals surface area (Å²) < 4.78 is 5.24. The summed E-state index contributed by atoms with van der Waals surface area (Å²) in [6, 6.07) is -0.377. The second kappa shape index (κ2) is 6.08. The fourth-order valence-corrected chi connectivity index (χ4v) is 1.62. The zero-order valence-electron chi connectivity index (χ0n) is 9.66. The molecule has 1 fully saturated rings. The minimum absolute atomic E-state index is 0.0312. The first kappa shape index (κ1) is 12.5. The van der Waals surface area contributed by atoms with Crippen LogP contribution >= 0.6 is 0 Å². The van der Waals surface area contributed by atoms with E-state index in [1.165, 1.54) is 0 Å². The summed E-state index contributed by atoms with van der Waals surface area (Å²) in [4.78, 5) is 11.6. The molecule has 1 saturated heterocycles. The number of ether oxygens (including phenoxy) is 1. The van der Waals surface area contributed by atoms with Crippen LogP contribution in [0.5, 0.6) is 0 Å². The van der Waals surface area contributed by atoms with Crippen molar-refractivity contribution < 1.29 is 9.53 Å². The Kier molecular flexibility index (Phi) is 5.05. The SMILES string of the molecule is CCC(C)C(N)C(=O)NCC1CCOC1. The summed E-state index contributed by atoms with van der Waals surface area (Å²) >= 11 is 0. The number of carbonyl (C=O) groups excluding carboxylic acids is 1. The summed E-state index contributed by atoms with van der Waals surface area (Å²) in [5.41, 5.74) is 5.81. The third-order valence-corrected chi connectivity index (χ3v) is 3.15. The van der Waals surface area contributed by atoms with Gasteiger partial charge in [-0.3, -0.25) is 4.79 Å². The van der Waals surface area contributed by atoms with Gasteiger partial charge in [-0.05, 0) is 12.3 Å². The first-order valence-corrected chi connectivity index (χ1v) is 5.76. The van der Waals surface area contributed by atoms with Gasteiger partial charge in [-0.1, -0.05) is 20.3 Å². The highest BCUT2D eigenvalue weighted by Crippen LogP contribution is 2.11. The van der Waals surface area contributed by atoms with Crippen LogP contribution in [-0.4, -0.2) is 31.7 Å². The Morgan fingerprint density at radius 1 is 1.67 bits per heavy atom. The van der Waals surface area contributed by atoms with Crippen molar-refractivity contribution in [3.63, 3.8) is 0 Å². The fraction of sp³-hybridized carbons (Fsp3) is 0.909. The van der Waals surface area contributed by atoms with Gasteiger partial charge in [0.2, 0.25) is 5.91 Å². The van der Waals surface area contributed by atoms with Gasteiger partial charge in [-0.25, -0.2) is 0 Å². The Bertz CT molecular complexity index is 203. The molecule has 1 aliphatic heterocycles. The Morgan fingerprint density at radius 2 is 2.40 bits per heavy atom. The molecule has 4 heteroatoms. The molecule has 0 aromatic rings. The molecule has 3 unspecified atom stereocenters. The molecule has 3 atom stereocenters. The van der Waals surface area contributed by atoms with Crippen molar-refractivity contribution in [2.45, 2.75) is 32.7 Å². The summed E-state index contributed by atoms with van der Waals surface area (Å²) in [5, 5.41) is 2.90.